The number of nitrogens with zero attached hydrogens (tertiary/aromatic N) is 4. The molecule has 0 aromatic carbocycles. The van der Waals surface area contributed by atoms with E-state index in [1.807, 2.05) is 0 Å². The van der Waals surface area contributed by atoms with Crippen molar-refractivity contribution in [3.8, 4) is 0 Å². The number of rotatable bonds is 2. The Morgan fingerprint density at radius 1 is 0.517 bits per heavy atom. The van der Waals surface area contributed by atoms with Gasteiger partial charge in [0.25, 0.3) is 12.9 Å². The molecule has 0 saturated carbocycles. The van der Waals surface area contributed by atoms with Crippen LogP contribution in [0.2, 0.25) is 0 Å². The third kappa shape index (κ3) is 15.6. The van der Waals surface area contributed by atoms with E-state index in [0.717, 1.165) is 24.3 Å². The second kappa shape index (κ2) is 19.0. The summed E-state index contributed by atoms with van der Waals surface area (Å²) in [6, 6.07) is 6.63. The summed E-state index contributed by atoms with van der Waals surface area (Å²) in [4.78, 5) is 14.6. The lowest BCUT2D eigenvalue weighted by Gasteiger charge is -2.20. The van der Waals surface area contributed by atoms with Crippen molar-refractivity contribution in [1.82, 2.24) is 19.9 Å². The molecule has 0 bridgehead atoms. The van der Waals surface area contributed by atoms with Crippen LogP contribution in [0.1, 0.15) is 141 Å². The number of hydrogen-bond donors (Lipinski definition) is 2. The maximum Gasteiger partial charge on any atom is 0.433 e. The number of nitrogen functional groups attached to an aromatic ring is 2. The van der Waals surface area contributed by atoms with Gasteiger partial charge >= 0.3 is 12.4 Å². The molecule has 58 heavy (non-hydrogen) atoms. The van der Waals surface area contributed by atoms with Gasteiger partial charge < -0.3 is 11.5 Å². The molecule has 0 radical (unpaired) electrons. The van der Waals surface area contributed by atoms with E-state index in [1.165, 1.54) is 24.5 Å². The van der Waals surface area contributed by atoms with E-state index in [4.69, 9.17) is 11.5 Å². The molecule has 4 rings (SSSR count). The van der Waals surface area contributed by atoms with E-state index in [0.29, 0.717) is 11.4 Å². The summed E-state index contributed by atoms with van der Waals surface area (Å²) in [5.41, 5.74) is 6.89. The van der Waals surface area contributed by atoms with Gasteiger partial charge in [0.15, 0.2) is 11.6 Å². The Bertz CT molecular complexity index is 1740. The third-order valence-corrected chi connectivity index (χ3v) is 7.64. The molecule has 4 aromatic rings. The van der Waals surface area contributed by atoms with Crippen LogP contribution in [-0.2, 0) is 34.0 Å². The monoisotopic (exact) mass is 842 g/mol. The summed E-state index contributed by atoms with van der Waals surface area (Å²) < 4.78 is 151. The van der Waals surface area contributed by atoms with Crippen molar-refractivity contribution in [2.45, 2.75) is 130 Å². The molecule has 324 valence electrons. The van der Waals surface area contributed by atoms with Crippen molar-refractivity contribution < 1.29 is 52.7 Å². The summed E-state index contributed by atoms with van der Waals surface area (Å²) in [5.74, 6) is -1.89. The van der Waals surface area contributed by atoms with Gasteiger partial charge in [-0.2, -0.15) is 26.3 Å². The molecule has 0 fully saturated rings. The van der Waals surface area contributed by atoms with Crippen molar-refractivity contribution in [1.29, 1.82) is 0 Å². The predicted octanol–water partition coefficient (Wildman–Crippen LogP) is 12.9. The van der Waals surface area contributed by atoms with E-state index in [2.05, 4.69) is 19.9 Å². The SMILES string of the molecule is CC(C)(C)c1cc(C(F)(F)F)cc(N)n1.CC(C)(C)c1cc(N)cc(C(F)(F)F)n1.CC(C)(C)c1ccnc(C(F)F)c1F.CC(C)(C)c1nccc(C(F)F)c1F. The zero-order valence-electron chi connectivity index (χ0n) is 34.3. The van der Waals surface area contributed by atoms with E-state index in [1.54, 1.807) is 83.1 Å². The number of alkyl halides is 10. The highest BCUT2D eigenvalue weighted by Crippen LogP contribution is 2.34. The Hall–Kier alpha value is -4.64. The Kier molecular flexibility index (Phi) is 16.8. The lowest BCUT2D eigenvalue weighted by Crippen LogP contribution is -2.18. The maximum absolute atomic E-state index is 13.5. The second-order valence-electron chi connectivity index (χ2n) is 17.1. The lowest BCUT2D eigenvalue weighted by atomic mass is 9.87. The van der Waals surface area contributed by atoms with Crippen molar-refractivity contribution in [2.75, 3.05) is 11.5 Å². The summed E-state index contributed by atoms with van der Waals surface area (Å²) in [6.07, 6.45) is -12.1. The number of pyridine rings is 4. The Morgan fingerprint density at radius 3 is 1.41 bits per heavy atom. The quantitative estimate of drug-likeness (QED) is 0.195. The molecule has 0 saturated heterocycles. The molecule has 0 unspecified atom stereocenters. The summed E-state index contributed by atoms with van der Waals surface area (Å²) in [7, 11) is 0. The molecule has 0 atom stereocenters. The maximum atomic E-state index is 13.5. The van der Waals surface area contributed by atoms with Gasteiger partial charge in [0.2, 0.25) is 0 Å². The molecular weight excluding hydrogens is 792 g/mol. The highest BCUT2D eigenvalue weighted by atomic mass is 19.4. The van der Waals surface area contributed by atoms with Gasteiger partial charge in [-0.05, 0) is 47.4 Å². The minimum absolute atomic E-state index is 0.0790. The van der Waals surface area contributed by atoms with Crippen LogP contribution >= 0.6 is 0 Å². The molecule has 0 aliphatic heterocycles. The molecule has 4 N–H and O–H groups in total. The highest BCUT2D eigenvalue weighted by Gasteiger charge is 2.35. The van der Waals surface area contributed by atoms with Crippen molar-refractivity contribution >= 4 is 11.5 Å². The summed E-state index contributed by atoms with van der Waals surface area (Å²) >= 11 is 0. The first-order valence-corrected chi connectivity index (χ1v) is 17.5. The first-order valence-electron chi connectivity index (χ1n) is 17.5. The second-order valence-corrected chi connectivity index (χ2v) is 17.1. The number of anilines is 2. The summed E-state index contributed by atoms with van der Waals surface area (Å²) in [5, 5.41) is 0. The van der Waals surface area contributed by atoms with Crippen molar-refractivity contribution in [3.63, 3.8) is 0 Å². The molecule has 18 heteroatoms. The van der Waals surface area contributed by atoms with Gasteiger partial charge in [-0.25, -0.2) is 36.3 Å². The minimum Gasteiger partial charge on any atom is -0.399 e. The van der Waals surface area contributed by atoms with Gasteiger partial charge in [-0.3, -0.25) is 9.97 Å². The number of aromatic nitrogens is 4. The van der Waals surface area contributed by atoms with Crippen LogP contribution in [0.25, 0.3) is 0 Å². The average Bonchev–Trinajstić information content (AvgIpc) is 3.02. The molecule has 0 spiro atoms. The largest absolute Gasteiger partial charge is 0.433 e. The smallest absolute Gasteiger partial charge is 0.399 e. The van der Waals surface area contributed by atoms with Crippen LogP contribution in [0.5, 0.6) is 0 Å². The van der Waals surface area contributed by atoms with Gasteiger partial charge in [0.1, 0.15) is 17.2 Å². The van der Waals surface area contributed by atoms with Crippen molar-refractivity contribution in [2.24, 2.45) is 0 Å². The fourth-order valence-electron chi connectivity index (χ4n) is 4.52. The van der Waals surface area contributed by atoms with Crippen LogP contribution < -0.4 is 11.5 Å². The lowest BCUT2D eigenvalue weighted by molar-refractivity contribution is -0.141. The molecule has 6 nitrogen and oxygen atoms in total. The summed E-state index contributed by atoms with van der Waals surface area (Å²) in [6.45, 7) is 21.2. The van der Waals surface area contributed by atoms with E-state index in [9.17, 15) is 52.7 Å². The minimum atomic E-state index is -4.45. The normalized spacial score (nSPS) is 12.6. The van der Waals surface area contributed by atoms with Crippen LogP contribution in [0, 0.1) is 11.6 Å². The number of nitrogens with two attached hydrogens (primary N) is 2. The van der Waals surface area contributed by atoms with Gasteiger partial charge in [-0.15, -0.1) is 0 Å². The van der Waals surface area contributed by atoms with E-state index in [-0.39, 0.29) is 22.8 Å². The fraction of sp³-hybridized carbons (Fsp3) is 0.500. The van der Waals surface area contributed by atoms with Crippen LogP contribution in [0.15, 0.2) is 48.8 Å². The van der Waals surface area contributed by atoms with E-state index >= 15 is 0 Å². The number of halogens is 12. The zero-order valence-corrected chi connectivity index (χ0v) is 34.3. The molecule has 0 aliphatic rings. The fourth-order valence-corrected chi connectivity index (χ4v) is 4.52. The Morgan fingerprint density at radius 2 is 1.00 bits per heavy atom. The Labute approximate surface area is 330 Å². The molecule has 0 aliphatic carbocycles. The first-order chi connectivity index (χ1) is 25.9. The highest BCUT2D eigenvalue weighted by molar-refractivity contribution is 5.42. The van der Waals surface area contributed by atoms with Gasteiger partial charge in [-0.1, -0.05) is 83.1 Å². The Balaban J connectivity index is 0.000000387. The standard InChI is InChI=1S/2C10H13F3N2.2C10H12F3N/c1-9(2,3)7-4-6(14)5-8(15-7)10(11,12)13;1-9(2,3)7-4-6(10(11,12)13)5-8(14)15-7;1-10(2,3)6-4-5-14-8(7(6)11)9(12)13;1-10(2,3)8-7(11)6(9(12)13)4-5-14-8/h2*4-5H,1-3H3,(H2,14,15);2*4-5,9H,1-3H3. The van der Waals surface area contributed by atoms with E-state index < -0.39 is 81.0 Å². The first kappa shape index (κ1) is 51.4. The van der Waals surface area contributed by atoms with Crippen LogP contribution in [0.4, 0.5) is 64.2 Å². The molecule has 0 amide bonds. The predicted molar refractivity (Wildman–Crippen MR) is 200 cm³/mol. The molecular formula is C40H50F12N6. The van der Waals surface area contributed by atoms with Crippen LogP contribution in [0.3, 0.4) is 0 Å². The van der Waals surface area contributed by atoms with Gasteiger partial charge in [0, 0.05) is 45.7 Å². The zero-order chi connectivity index (χ0) is 45.6. The topological polar surface area (TPSA) is 104 Å². The third-order valence-electron chi connectivity index (χ3n) is 7.64. The molecule has 4 heterocycles. The number of hydrogen-bond acceptors (Lipinski definition) is 6. The average molecular weight is 843 g/mol. The molecule has 4 aromatic heterocycles. The van der Waals surface area contributed by atoms with Crippen LogP contribution in [-0.4, -0.2) is 19.9 Å². The van der Waals surface area contributed by atoms with Gasteiger partial charge in [0.05, 0.1) is 16.8 Å². The van der Waals surface area contributed by atoms with Crippen molar-refractivity contribution in [3.05, 3.63) is 106 Å².